The summed E-state index contributed by atoms with van der Waals surface area (Å²) in [7, 11) is 1.55. The fourth-order valence-corrected chi connectivity index (χ4v) is 6.04. The van der Waals surface area contributed by atoms with Crippen LogP contribution >= 0.6 is 11.3 Å². The van der Waals surface area contributed by atoms with Crippen molar-refractivity contribution in [3.05, 3.63) is 63.4 Å². The van der Waals surface area contributed by atoms with Crippen LogP contribution in [0.5, 0.6) is 17.2 Å². The lowest BCUT2D eigenvalue weighted by Gasteiger charge is -2.35. The Morgan fingerprint density at radius 3 is 2.72 bits per heavy atom. The number of hydrogen-bond donors (Lipinski definition) is 2. The van der Waals surface area contributed by atoms with Crippen LogP contribution in [0, 0.1) is 0 Å². The zero-order valence-electron chi connectivity index (χ0n) is 21.3. The topological polar surface area (TPSA) is 67.8 Å². The van der Waals surface area contributed by atoms with E-state index < -0.39 is 0 Å². The number of carbonyl (C=O) groups excluding carboxylic acids is 1. The summed E-state index contributed by atoms with van der Waals surface area (Å²) in [5, 5.41) is 16.1. The molecule has 0 fully saturated rings. The zero-order valence-corrected chi connectivity index (χ0v) is 22.1. The Bertz CT molecular complexity index is 1430. The van der Waals surface area contributed by atoms with Crippen molar-refractivity contribution in [1.82, 2.24) is 0 Å². The molecule has 0 radical (unpaired) electrons. The van der Waals surface area contributed by atoms with Crippen LogP contribution in [0.25, 0.3) is 28.5 Å². The molecule has 3 heterocycles. The van der Waals surface area contributed by atoms with Crippen LogP contribution in [0.2, 0.25) is 0 Å². The summed E-state index contributed by atoms with van der Waals surface area (Å²) < 4.78 is 12.1. The fourth-order valence-electron chi connectivity index (χ4n) is 5.20. The maximum atomic E-state index is 12.9. The van der Waals surface area contributed by atoms with Gasteiger partial charge in [-0.25, -0.2) is 0 Å². The van der Waals surface area contributed by atoms with Crippen molar-refractivity contribution in [2.24, 2.45) is 0 Å². The maximum absolute atomic E-state index is 12.9. The van der Waals surface area contributed by atoms with Crippen LogP contribution in [0.4, 0.5) is 5.69 Å². The highest BCUT2D eigenvalue weighted by atomic mass is 32.1. The molecule has 2 aliphatic heterocycles. The number of benzene rings is 2. The lowest BCUT2D eigenvalue weighted by molar-refractivity contribution is 0.0980. The average Bonchev–Trinajstić information content (AvgIpc) is 3.29. The number of thiophene rings is 1. The zero-order chi connectivity index (χ0) is 25.6. The van der Waals surface area contributed by atoms with Gasteiger partial charge in [0.15, 0.2) is 17.3 Å². The number of aromatic hydroxyl groups is 1. The number of phenolic OH excluding ortho intramolecular Hbond substituents is 1. The molecule has 0 unspecified atom stereocenters. The van der Waals surface area contributed by atoms with Gasteiger partial charge in [0.05, 0.1) is 18.2 Å². The molecule has 2 N–H and O–H groups in total. The van der Waals surface area contributed by atoms with Crippen molar-refractivity contribution in [3.63, 3.8) is 0 Å². The summed E-state index contributed by atoms with van der Waals surface area (Å²) in [4.78, 5) is 13.8. The lowest BCUT2D eigenvalue weighted by atomic mass is 9.83. The SMILES string of the molecule is CCCCC(=O)c1ccsc1/C=C1\Oc2ccc(O)c(OC)c2-c2ccc3c(c21)C(C)=CC(C)(C)N3. The van der Waals surface area contributed by atoms with Gasteiger partial charge in [-0.1, -0.05) is 25.5 Å². The van der Waals surface area contributed by atoms with E-state index in [0.717, 1.165) is 56.8 Å². The molecule has 3 aromatic rings. The highest BCUT2D eigenvalue weighted by molar-refractivity contribution is 7.11. The van der Waals surface area contributed by atoms with E-state index in [9.17, 15) is 9.90 Å². The number of methoxy groups -OCH3 is 1. The quantitative estimate of drug-likeness (QED) is 0.335. The van der Waals surface area contributed by atoms with E-state index in [1.165, 1.54) is 11.3 Å². The Kier molecular flexibility index (Phi) is 6.17. The first-order valence-corrected chi connectivity index (χ1v) is 13.2. The Morgan fingerprint density at radius 1 is 1.17 bits per heavy atom. The second kappa shape index (κ2) is 9.17. The molecule has 0 spiro atoms. The third-order valence-electron chi connectivity index (χ3n) is 6.69. The first-order valence-electron chi connectivity index (χ1n) is 12.3. The van der Waals surface area contributed by atoms with E-state index in [-0.39, 0.29) is 17.1 Å². The second-order valence-electron chi connectivity index (χ2n) is 9.91. The number of rotatable bonds is 6. The van der Waals surface area contributed by atoms with Gasteiger partial charge in [-0.2, -0.15) is 0 Å². The highest BCUT2D eigenvalue weighted by Gasteiger charge is 2.33. The van der Waals surface area contributed by atoms with Crippen LogP contribution in [-0.4, -0.2) is 23.5 Å². The number of carbonyl (C=O) groups is 1. The summed E-state index contributed by atoms with van der Waals surface area (Å²) in [5.74, 6) is 1.87. The molecule has 0 amide bonds. The molecule has 2 aromatic carbocycles. The number of allylic oxidation sites excluding steroid dienone is 1. The summed E-state index contributed by atoms with van der Waals surface area (Å²) >= 11 is 1.54. The molecule has 36 heavy (non-hydrogen) atoms. The van der Waals surface area contributed by atoms with Crippen molar-refractivity contribution in [2.75, 3.05) is 12.4 Å². The van der Waals surface area contributed by atoms with Crippen LogP contribution in [0.15, 0.2) is 41.8 Å². The molecule has 1 aromatic heterocycles. The summed E-state index contributed by atoms with van der Waals surface area (Å²) in [6, 6.07) is 9.37. The third kappa shape index (κ3) is 4.09. The molecular weight excluding hydrogens is 470 g/mol. The summed E-state index contributed by atoms with van der Waals surface area (Å²) in [5.41, 5.74) is 6.29. The van der Waals surface area contributed by atoms with Gasteiger partial charge in [0.2, 0.25) is 0 Å². The minimum atomic E-state index is -0.189. The first-order chi connectivity index (χ1) is 17.2. The van der Waals surface area contributed by atoms with Crippen LogP contribution < -0.4 is 14.8 Å². The molecule has 2 aliphatic rings. The van der Waals surface area contributed by atoms with Crippen molar-refractivity contribution < 1.29 is 19.4 Å². The number of Topliss-reactive ketones (excluding diaryl/α,β-unsaturated/α-hetero) is 1. The number of nitrogens with one attached hydrogen (secondary N) is 1. The van der Waals surface area contributed by atoms with Crippen molar-refractivity contribution in [1.29, 1.82) is 0 Å². The van der Waals surface area contributed by atoms with Crippen LogP contribution in [0.1, 0.15) is 73.3 Å². The van der Waals surface area contributed by atoms with Crippen molar-refractivity contribution in [2.45, 2.75) is 52.5 Å². The number of phenols is 1. The van der Waals surface area contributed by atoms with E-state index in [1.54, 1.807) is 19.2 Å². The molecule has 5 nitrogen and oxygen atoms in total. The first kappa shape index (κ1) is 24.2. The smallest absolute Gasteiger partial charge is 0.172 e. The Balaban J connectivity index is 1.76. The van der Waals surface area contributed by atoms with E-state index in [0.29, 0.717) is 23.7 Å². The van der Waals surface area contributed by atoms with Crippen LogP contribution in [0.3, 0.4) is 0 Å². The Hall–Kier alpha value is -3.51. The molecule has 186 valence electrons. The van der Waals surface area contributed by atoms with Crippen molar-refractivity contribution in [3.8, 4) is 28.4 Å². The van der Waals surface area contributed by atoms with E-state index >= 15 is 0 Å². The Labute approximate surface area is 216 Å². The van der Waals surface area contributed by atoms with Gasteiger partial charge in [0.25, 0.3) is 0 Å². The number of ketones is 1. The molecule has 0 saturated heterocycles. The molecular formula is C30H31NO4S. The van der Waals surface area contributed by atoms with Gasteiger partial charge in [0.1, 0.15) is 11.5 Å². The normalized spacial score (nSPS) is 16.2. The Morgan fingerprint density at radius 2 is 1.97 bits per heavy atom. The van der Waals surface area contributed by atoms with Gasteiger partial charge in [0, 0.05) is 39.2 Å². The molecule has 0 saturated carbocycles. The molecule has 0 aliphatic carbocycles. The molecule has 5 rings (SSSR count). The van der Waals surface area contributed by atoms with Crippen LogP contribution in [-0.2, 0) is 0 Å². The second-order valence-corrected chi connectivity index (χ2v) is 10.9. The van der Waals surface area contributed by atoms with Gasteiger partial charge in [-0.05, 0) is 68.5 Å². The van der Waals surface area contributed by atoms with Gasteiger partial charge >= 0.3 is 0 Å². The lowest BCUT2D eigenvalue weighted by Crippen LogP contribution is -2.32. The summed E-state index contributed by atoms with van der Waals surface area (Å²) in [6.45, 7) is 8.48. The number of fused-ring (bicyclic) bond motifs is 5. The number of unbranched alkanes of at least 4 members (excludes halogenated alkanes) is 1. The number of anilines is 1. The maximum Gasteiger partial charge on any atom is 0.172 e. The van der Waals surface area contributed by atoms with E-state index in [4.69, 9.17) is 9.47 Å². The monoisotopic (exact) mass is 501 g/mol. The fraction of sp³-hybridized carbons (Fsp3) is 0.300. The summed E-state index contributed by atoms with van der Waals surface area (Å²) in [6.07, 6.45) is 6.59. The van der Waals surface area contributed by atoms with E-state index in [1.807, 2.05) is 17.5 Å². The molecule has 0 atom stereocenters. The third-order valence-corrected chi connectivity index (χ3v) is 7.55. The number of ether oxygens (including phenoxy) is 2. The van der Waals surface area contributed by atoms with Gasteiger partial charge in [-0.3, -0.25) is 4.79 Å². The molecule has 0 bridgehead atoms. The largest absolute Gasteiger partial charge is 0.504 e. The van der Waals surface area contributed by atoms with Gasteiger partial charge < -0.3 is 19.9 Å². The van der Waals surface area contributed by atoms with Crippen molar-refractivity contribution >= 4 is 40.2 Å². The van der Waals surface area contributed by atoms with E-state index in [2.05, 4.69) is 51.2 Å². The minimum absolute atomic E-state index is 0.0598. The highest BCUT2D eigenvalue weighted by Crippen LogP contribution is 2.54. The number of hydrogen-bond acceptors (Lipinski definition) is 6. The standard InChI is InChI=1S/C30H31NO4S/c1-6-7-8-21(32)18-13-14-36-25(18)15-24-27-19(28-23(35-24)12-11-22(33)29(28)34-5)9-10-20-26(27)17(2)16-30(3,4)31-20/h9-16,31,33H,6-8H2,1-5H3/b24-15-. The molecule has 6 heteroatoms. The average molecular weight is 502 g/mol. The van der Waals surface area contributed by atoms with Gasteiger partial charge in [-0.15, -0.1) is 11.3 Å². The predicted octanol–water partition coefficient (Wildman–Crippen LogP) is 8.00. The predicted molar refractivity (Wildman–Crippen MR) is 148 cm³/mol. The minimum Gasteiger partial charge on any atom is -0.504 e.